The van der Waals surface area contributed by atoms with E-state index in [1.165, 1.54) is 6.42 Å². The Balaban J connectivity index is 0.000000659. The van der Waals surface area contributed by atoms with E-state index in [2.05, 4.69) is 17.3 Å². The largest absolute Gasteiger partial charge is 0.448 e. The highest BCUT2D eigenvalue weighted by molar-refractivity contribution is 6.28. The maximum atomic E-state index is 5.71. The maximum absolute atomic E-state index is 5.71. The first kappa shape index (κ1) is 17.5. The molecule has 1 atom stereocenters. The lowest BCUT2D eigenvalue weighted by molar-refractivity contribution is 0.229. The number of rotatable bonds is 3. The zero-order valence-corrected chi connectivity index (χ0v) is 13.0. The molecule has 0 amide bonds. The Labute approximate surface area is 116 Å². The summed E-state index contributed by atoms with van der Waals surface area (Å²) in [7, 11) is 2.12. The summed E-state index contributed by atoms with van der Waals surface area (Å²) in [6, 6.07) is 4.35. The average Bonchev–Trinajstić information content (AvgIpc) is 3.06. The molecule has 18 heavy (non-hydrogen) atoms. The fourth-order valence-electron chi connectivity index (χ4n) is 1.83. The van der Waals surface area contributed by atoms with Gasteiger partial charge in [-0.3, -0.25) is 4.90 Å². The Morgan fingerprint density at radius 2 is 2.00 bits per heavy atom. The average molecular weight is 275 g/mol. The Hall–Kier alpha value is -0.510. The lowest BCUT2D eigenvalue weighted by atomic mass is 10.2. The molecule has 0 aliphatic carbocycles. The molecule has 2 rings (SSSR count). The summed E-state index contributed by atoms with van der Waals surface area (Å²) < 4.78 is 5.32. The molecule has 0 bridgehead atoms. The van der Waals surface area contributed by atoms with Gasteiger partial charge in [-0.05, 0) is 43.7 Å². The van der Waals surface area contributed by atoms with Crippen LogP contribution < -0.4 is 5.32 Å². The van der Waals surface area contributed by atoms with Crippen molar-refractivity contribution in [3.63, 3.8) is 0 Å². The number of halogens is 1. The Morgan fingerprint density at radius 3 is 2.44 bits per heavy atom. The third kappa shape index (κ3) is 5.89. The molecule has 1 aliphatic heterocycles. The summed E-state index contributed by atoms with van der Waals surface area (Å²) in [6.45, 7) is 11.0. The van der Waals surface area contributed by atoms with Crippen molar-refractivity contribution in [1.82, 2.24) is 10.2 Å². The number of hydrogen-bond acceptors (Lipinski definition) is 3. The summed E-state index contributed by atoms with van der Waals surface area (Å²) in [5, 5.41) is 3.82. The molecule has 0 saturated carbocycles. The van der Waals surface area contributed by atoms with E-state index < -0.39 is 0 Å². The van der Waals surface area contributed by atoms with Crippen LogP contribution in [0.1, 0.15) is 39.9 Å². The van der Waals surface area contributed by atoms with Crippen molar-refractivity contribution >= 4 is 11.6 Å². The van der Waals surface area contributed by atoms with Crippen LogP contribution in [-0.2, 0) is 6.54 Å². The van der Waals surface area contributed by atoms with Gasteiger partial charge in [0, 0.05) is 12.6 Å². The van der Waals surface area contributed by atoms with Crippen molar-refractivity contribution in [3.8, 4) is 0 Å². The van der Waals surface area contributed by atoms with Gasteiger partial charge in [0.2, 0.25) is 0 Å². The highest BCUT2D eigenvalue weighted by Crippen LogP contribution is 2.16. The van der Waals surface area contributed by atoms with Gasteiger partial charge in [-0.25, -0.2) is 0 Å². The van der Waals surface area contributed by atoms with Crippen LogP contribution in [0.3, 0.4) is 0 Å². The quantitative estimate of drug-likeness (QED) is 0.909. The molecular formula is C14H27ClN2O. The van der Waals surface area contributed by atoms with Crippen LogP contribution in [0.2, 0.25) is 5.22 Å². The Bertz CT molecular complexity index is 296. The smallest absolute Gasteiger partial charge is 0.193 e. The summed E-state index contributed by atoms with van der Waals surface area (Å²) in [5.74, 6) is 0.935. The predicted octanol–water partition coefficient (Wildman–Crippen LogP) is 3.78. The lowest BCUT2D eigenvalue weighted by Gasteiger charge is -2.21. The zero-order chi connectivity index (χ0) is 14.0. The molecule has 1 saturated heterocycles. The first-order valence-corrected chi connectivity index (χ1v) is 7.28. The molecule has 1 aliphatic rings. The second-order valence-corrected chi connectivity index (χ2v) is 4.14. The summed E-state index contributed by atoms with van der Waals surface area (Å²) in [4.78, 5) is 2.30. The van der Waals surface area contributed by atoms with Crippen molar-refractivity contribution in [2.45, 2.75) is 46.7 Å². The fraction of sp³-hybridized carbons (Fsp3) is 0.714. The van der Waals surface area contributed by atoms with E-state index in [1.807, 2.05) is 33.8 Å². The molecule has 0 radical (unpaired) electrons. The van der Waals surface area contributed by atoms with Crippen LogP contribution in [0.4, 0.5) is 0 Å². The van der Waals surface area contributed by atoms with Gasteiger partial charge in [-0.2, -0.15) is 0 Å². The molecule has 0 aromatic carbocycles. The highest BCUT2D eigenvalue weighted by atomic mass is 35.5. The van der Waals surface area contributed by atoms with E-state index in [0.29, 0.717) is 11.3 Å². The molecule has 1 N–H and O–H groups in total. The van der Waals surface area contributed by atoms with Gasteiger partial charge in [0.15, 0.2) is 5.22 Å². The lowest BCUT2D eigenvalue weighted by Crippen LogP contribution is -2.32. The van der Waals surface area contributed by atoms with E-state index in [-0.39, 0.29) is 0 Å². The number of hydrogen-bond donors (Lipinski definition) is 1. The Morgan fingerprint density at radius 1 is 1.33 bits per heavy atom. The molecule has 4 heteroatoms. The van der Waals surface area contributed by atoms with Crippen molar-refractivity contribution in [2.75, 3.05) is 20.1 Å². The van der Waals surface area contributed by atoms with Gasteiger partial charge < -0.3 is 9.73 Å². The second kappa shape index (κ2) is 10.4. The van der Waals surface area contributed by atoms with Crippen LogP contribution in [0.25, 0.3) is 0 Å². The number of likely N-dealkylation sites (N-methyl/N-ethyl adjacent to an activating group) is 1. The van der Waals surface area contributed by atoms with Crippen molar-refractivity contribution in [1.29, 1.82) is 0 Å². The van der Waals surface area contributed by atoms with Gasteiger partial charge >= 0.3 is 0 Å². The first-order chi connectivity index (χ1) is 8.75. The van der Waals surface area contributed by atoms with Crippen LogP contribution in [0, 0.1) is 0 Å². The summed E-state index contributed by atoms with van der Waals surface area (Å²) in [5.41, 5.74) is 0. The number of furan rings is 1. The molecular weight excluding hydrogens is 248 g/mol. The van der Waals surface area contributed by atoms with Crippen molar-refractivity contribution in [2.24, 2.45) is 0 Å². The molecule has 2 heterocycles. The normalized spacial score (nSPS) is 17.8. The van der Waals surface area contributed by atoms with Crippen LogP contribution >= 0.6 is 11.6 Å². The van der Waals surface area contributed by atoms with Crippen molar-refractivity contribution in [3.05, 3.63) is 23.1 Å². The fourth-order valence-corrected chi connectivity index (χ4v) is 1.99. The molecule has 1 fully saturated rings. The topological polar surface area (TPSA) is 28.4 Å². The molecule has 0 spiro atoms. The summed E-state index contributed by atoms with van der Waals surface area (Å²) in [6.07, 6.45) is 1.21. The van der Waals surface area contributed by atoms with Gasteiger partial charge in [0.05, 0.1) is 6.54 Å². The van der Waals surface area contributed by atoms with Crippen LogP contribution in [0.15, 0.2) is 16.5 Å². The van der Waals surface area contributed by atoms with Crippen LogP contribution in [-0.4, -0.2) is 31.1 Å². The monoisotopic (exact) mass is 274 g/mol. The SMILES string of the molecule is CC.CC.CN(Cc1ccc(Cl)o1)[C@@H]1CCNC1. The standard InChI is InChI=1S/C10H15ClN2O.2C2H6/c1-13(8-4-5-12-6-8)7-9-2-3-10(11)14-9;2*1-2/h2-3,8,12H,4-7H2,1H3;2*1-2H3/t8-;;/m1../s1. The van der Waals surface area contributed by atoms with E-state index in [4.69, 9.17) is 16.0 Å². The van der Waals surface area contributed by atoms with E-state index in [9.17, 15) is 0 Å². The van der Waals surface area contributed by atoms with Crippen molar-refractivity contribution < 1.29 is 4.42 Å². The molecule has 1 aromatic rings. The Kier molecular flexibility index (Phi) is 10.1. The summed E-state index contributed by atoms with van der Waals surface area (Å²) >= 11 is 5.71. The van der Waals surface area contributed by atoms with E-state index in [1.54, 1.807) is 6.07 Å². The molecule has 3 nitrogen and oxygen atoms in total. The number of nitrogens with zero attached hydrogens (tertiary/aromatic N) is 1. The molecule has 1 aromatic heterocycles. The first-order valence-electron chi connectivity index (χ1n) is 6.91. The zero-order valence-electron chi connectivity index (χ0n) is 12.3. The molecule has 106 valence electrons. The second-order valence-electron chi connectivity index (χ2n) is 3.77. The third-order valence-corrected chi connectivity index (χ3v) is 2.89. The van der Waals surface area contributed by atoms with E-state index in [0.717, 1.165) is 25.4 Å². The third-order valence-electron chi connectivity index (χ3n) is 2.69. The van der Waals surface area contributed by atoms with Gasteiger partial charge in [0.25, 0.3) is 0 Å². The highest BCUT2D eigenvalue weighted by Gasteiger charge is 2.19. The minimum atomic E-state index is 0.470. The minimum Gasteiger partial charge on any atom is -0.448 e. The number of nitrogens with one attached hydrogen (secondary N) is 1. The van der Waals surface area contributed by atoms with Gasteiger partial charge in [-0.1, -0.05) is 27.7 Å². The van der Waals surface area contributed by atoms with Crippen LogP contribution in [0.5, 0.6) is 0 Å². The van der Waals surface area contributed by atoms with E-state index >= 15 is 0 Å². The maximum Gasteiger partial charge on any atom is 0.193 e. The minimum absolute atomic E-state index is 0.470. The van der Waals surface area contributed by atoms with Gasteiger partial charge in [0.1, 0.15) is 5.76 Å². The van der Waals surface area contributed by atoms with Gasteiger partial charge in [-0.15, -0.1) is 0 Å². The predicted molar refractivity (Wildman–Crippen MR) is 79.2 cm³/mol. The molecule has 0 unspecified atom stereocenters.